The Hall–Kier alpha value is -3.16. The highest BCUT2D eigenvalue weighted by Gasteiger charge is 2.61. The van der Waals surface area contributed by atoms with Crippen LogP contribution in [0, 0.1) is 23.4 Å². The lowest BCUT2D eigenvalue weighted by Gasteiger charge is -2.15. The zero-order valence-corrected chi connectivity index (χ0v) is 14.3. The van der Waals surface area contributed by atoms with E-state index in [0.29, 0.717) is 12.1 Å². The molecule has 138 valence electrons. The fourth-order valence-electron chi connectivity index (χ4n) is 3.28. The lowest BCUT2D eigenvalue weighted by atomic mass is 9.97. The molecule has 2 heterocycles. The van der Waals surface area contributed by atoms with Crippen LogP contribution in [0.2, 0.25) is 0 Å². The summed E-state index contributed by atoms with van der Waals surface area (Å²) in [6.45, 7) is 1.85. The van der Waals surface area contributed by atoms with Crippen LogP contribution in [0.3, 0.4) is 0 Å². The Morgan fingerprint density at radius 1 is 1.19 bits per heavy atom. The number of aromatic nitrogens is 3. The van der Waals surface area contributed by atoms with Gasteiger partial charge in [0.2, 0.25) is 5.91 Å². The molecule has 1 aliphatic carbocycles. The normalized spacial score (nSPS) is 21.1. The maximum atomic E-state index is 14.2. The fraction of sp³-hybridized carbons (Fsp3) is 0.211. The Labute approximate surface area is 152 Å². The molecule has 2 atom stereocenters. The minimum absolute atomic E-state index is 0.0600. The Morgan fingerprint density at radius 3 is 2.63 bits per heavy atom. The number of amides is 1. The van der Waals surface area contributed by atoms with E-state index in [2.05, 4.69) is 15.4 Å². The highest BCUT2D eigenvalue weighted by atomic mass is 19.2. The third kappa shape index (κ3) is 2.87. The molecule has 2 unspecified atom stereocenters. The summed E-state index contributed by atoms with van der Waals surface area (Å²) >= 11 is 0. The quantitative estimate of drug-likeness (QED) is 0.761. The van der Waals surface area contributed by atoms with E-state index in [9.17, 15) is 18.0 Å². The monoisotopic (exact) mass is 372 g/mol. The lowest BCUT2D eigenvalue weighted by molar-refractivity contribution is -0.119. The average Bonchev–Trinajstić information content (AvgIpc) is 3.10. The van der Waals surface area contributed by atoms with Gasteiger partial charge in [0.15, 0.2) is 17.5 Å². The molecule has 1 saturated carbocycles. The first kappa shape index (κ1) is 17.3. The first-order chi connectivity index (χ1) is 12.9. The van der Waals surface area contributed by atoms with Gasteiger partial charge in [-0.25, -0.2) is 17.9 Å². The van der Waals surface area contributed by atoms with Gasteiger partial charge >= 0.3 is 0 Å². The second kappa shape index (κ2) is 6.22. The molecule has 2 aromatic heterocycles. The van der Waals surface area contributed by atoms with Crippen molar-refractivity contribution in [2.75, 3.05) is 5.32 Å². The van der Waals surface area contributed by atoms with Crippen LogP contribution in [-0.4, -0.2) is 20.7 Å². The van der Waals surface area contributed by atoms with Crippen molar-refractivity contribution >= 4 is 11.7 Å². The van der Waals surface area contributed by atoms with Crippen LogP contribution in [0.4, 0.5) is 19.0 Å². The number of carbonyl (C=O) groups is 1. The predicted molar refractivity (Wildman–Crippen MR) is 91.8 cm³/mol. The van der Waals surface area contributed by atoms with Crippen molar-refractivity contribution in [1.29, 1.82) is 0 Å². The topological polar surface area (TPSA) is 59.8 Å². The second-order valence-electron chi connectivity index (χ2n) is 6.61. The molecule has 1 fully saturated rings. The molecule has 1 aliphatic rings. The number of rotatable bonds is 4. The summed E-state index contributed by atoms with van der Waals surface area (Å²) in [5.74, 6) is -2.71. The third-order valence-corrected chi connectivity index (χ3v) is 4.89. The van der Waals surface area contributed by atoms with E-state index in [1.54, 1.807) is 0 Å². The average molecular weight is 372 g/mol. The van der Waals surface area contributed by atoms with Crippen LogP contribution in [0.1, 0.15) is 19.0 Å². The summed E-state index contributed by atoms with van der Waals surface area (Å²) in [6, 6.07) is 7.64. The third-order valence-electron chi connectivity index (χ3n) is 4.89. The summed E-state index contributed by atoms with van der Waals surface area (Å²) in [6.07, 6.45) is 3.44. The molecule has 0 radical (unpaired) electrons. The van der Waals surface area contributed by atoms with E-state index in [0.717, 1.165) is 12.1 Å². The summed E-state index contributed by atoms with van der Waals surface area (Å²) in [4.78, 5) is 16.9. The van der Waals surface area contributed by atoms with Crippen molar-refractivity contribution in [1.82, 2.24) is 14.8 Å². The number of carbonyl (C=O) groups excluding carboxylic acids is 1. The number of nitrogens with one attached hydrogen (secondary N) is 1. The molecule has 1 N–H and O–H groups in total. The van der Waals surface area contributed by atoms with Gasteiger partial charge in [-0.2, -0.15) is 5.10 Å². The minimum atomic E-state index is -1.03. The molecule has 0 saturated heterocycles. The van der Waals surface area contributed by atoms with Crippen molar-refractivity contribution in [2.24, 2.45) is 5.92 Å². The molecule has 3 aromatic rings. The largest absolute Gasteiger partial charge is 0.308 e. The standard InChI is InChI=1S/C19H15F3N4O/c1-11-10-19(11,17-14(21)3-2-7-23-17)18(27)24-16-6-8-26(25-16)12-4-5-13(20)15(22)9-12/h2-9,11H,10H2,1H3,(H,24,25,27). The van der Waals surface area contributed by atoms with Crippen LogP contribution < -0.4 is 5.32 Å². The van der Waals surface area contributed by atoms with Gasteiger partial charge in [0, 0.05) is 24.5 Å². The first-order valence-corrected chi connectivity index (χ1v) is 8.35. The molecule has 1 aromatic carbocycles. The second-order valence-corrected chi connectivity index (χ2v) is 6.61. The number of benzene rings is 1. The van der Waals surface area contributed by atoms with Gasteiger partial charge < -0.3 is 5.32 Å². The number of anilines is 1. The molecule has 1 amide bonds. The lowest BCUT2D eigenvalue weighted by Crippen LogP contribution is -2.31. The van der Waals surface area contributed by atoms with Gasteiger partial charge in [-0.15, -0.1) is 0 Å². The van der Waals surface area contributed by atoms with Crippen LogP contribution in [0.15, 0.2) is 48.8 Å². The number of nitrogens with zero attached hydrogens (tertiary/aromatic N) is 3. The molecule has 8 heteroatoms. The summed E-state index contributed by atoms with van der Waals surface area (Å²) in [7, 11) is 0. The highest BCUT2D eigenvalue weighted by molar-refractivity contribution is 6.01. The summed E-state index contributed by atoms with van der Waals surface area (Å²) in [5.41, 5.74) is -0.605. The fourth-order valence-corrected chi connectivity index (χ4v) is 3.28. The van der Waals surface area contributed by atoms with Gasteiger partial charge in [0.1, 0.15) is 5.82 Å². The summed E-state index contributed by atoms with van der Waals surface area (Å²) in [5, 5.41) is 6.83. The maximum absolute atomic E-state index is 14.2. The Balaban J connectivity index is 1.58. The summed E-state index contributed by atoms with van der Waals surface area (Å²) < 4.78 is 41.9. The molecule has 0 bridgehead atoms. The maximum Gasteiger partial charge on any atom is 0.238 e. The minimum Gasteiger partial charge on any atom is -0.308 e. The Kier molecular flexibility index (Phi) is 3.98. The Bertz CT molecular complexity index is 1040. The Morgan fingerprint density at radius 2 is 1.96 bits per heavy atom. The van der Waals surface area contributed by atoms with E-state index in [1.807, 2.05) is 6.92 Å². The number of hydrogen-bond donors (Lipinski definition) is 1. The van der Waals surface area contributed by atoms with Crippen molar-refractivity contribution in [3.8, 4) is 5.69 Å². The zero-order chi connectivity index (χ0) is 19.2. The molecular formula is C19H15F3N4O. The predicted octanol–water partition coefficient (Wildman–Crippen LogP) is 3.60. The van der Waals surface area contributed by atoms with Gasteiger partial charge in [-0.05, 0) is 36.6 Å². The molecule has 4 rings (SSSR count). The van der Waals surface area contributed by atoms with E-state index in [-0.39, 0.29) is 17.4 Å². The molecule has 0 spiro atoms. The van der Waals surface area contributed by atoms with Crippen LogP contribution in [0.5, 0.6) is 0 Å². The van der Waals surface area contributed by atoms with Crippen molar-refractivity contribution in [2.45, 2.75) is 18.8 Å². The first-order valence-electron chi connectivity index (χ1n) is 8.35. The van der Waals surface area contributed by atoms with Crippen molar-refractivity contribution in [3.05, 3.63) is 71.9 Å². The van der Waals surface area contributed by atoms with Crippen LogP contribution >= 0.6 is 0 Å². The van der Waals surface area contributed by atoms with Gasteiger partial charge in [0.05, 0.1) is 16.8 Å². The molecule has 0 aliphatic heterocycles. The number of pyridine rings is 1. The number of hydrogen-bond acceptors (Lipinski definition) is 3. The van der Waals surface area contributed by atoms with Gasteiger partial charge in [-0.1, -0.05) is 6.92 Å². The van der Waals surface area contributed by atoms with Crippen LogP contribution in [0.25, 0.3) is 5.69 Å². The van der Waals surface area contributed by atoms with Crippen LogP contribution in [-0.2, 0) is 10.2 Å². The molecule has 5 nitrogen and oxygen atoms in total. The molecular weight excluding hydrogens is 357 g/mol. The van der Waals surface area contributed by atoms with Gasteiger partial charge in [0.25, 0.3) is 0 Å². The van der Waals surface area contributed by atoms with Gasteiger partial charge in [-0.3, -0.25) is 9.78 Å². The zero-order valence-electron chi connectivity index (χ0n) is 14.3. The van der Waals surface area contributed by atoms with E-state index in [4.69, 9.17) is 0 Å². The van der Waals surface area contributed by atoms with E-state index in [1.165, 1.54) is 41.3 Å². The van der Waals surface area contributed by atoms with E-state index < -0.39 is 28.8 Å². The highest BCUT2D eigenvalue weighted by Crippen LogP contribution is 2.54. The van der Waals surface area contributed by atoms with E-state index >= 15 is 0 Å². The van der Waals surface area contributed by atoms with Crippen molar-refractivity contribution < 1.29 is 18.0 Å². The molecule has 27 heavy (non-hydrogen) atoms. The smallest absolute Gasteiger partial charge is 0.238 e. The number of halogens is 3. The SMILES string of the molecule is CC1CC1(C(=O)Nc1ccn(-c2ccc(F)c(F)c2)n1)c1ncccc1F. The van der Waals surface area contributed by atoms with Crippen molar-refractivity contribution in [3.63, 3.8) is 0 Å².